The molecule has 2 unspecified atom stereocenters. The third kappa shape index (κ3) is 7.97. The summed E-state index contributed by atoms with van der Waals surface area (Å²) in [4.78, 5) is 24.2. The lowest BCUT2D eigenvalue weighted by molar-refractivity contribution is -0.134. The number of hydroxylamine groups is 1. The fourth-order valence-electron chi connectivity index (χ4n) is 2.32. The molecule has 0 aliphatic rings. The van der Waals surface area contributed by atoms with Gasteiger partial charge in [-0.2, -0.15) is 0 Å². The van der Waals surface area contributed by atoms with Crippen molar-refractivity contribution < 1.29 is 24.3 Å². The fraction of sp³-hybridized carbons (Fsp3) is 0.444. The van der Waals surface area contributed by atoms with Gasteiger partial charge in [-0.1, -0.05) is 17.7 Å². The van der Waals surface area contributed by atoms with Gasteiger partial charge in [0.2, 0.25) is 5.91 Å². The Labute approximate surface area is 158 Å². The summed E-state index contributed by atoms with van der Waals surface area (Å²) in [6.45, 7) is 6.21. The van der Waals surface area contributed by atoms with Crippen LogP contribution >= 0.6 is 11.6 Å². The summed E-state index contributed by atoms with van der Waals surface area (Å²) in [6.07, 6.45) is 2.20. The monoisotopic (exact) mass is 384 g/mol. The van der Waals surface area contributed by atoms with Crippen LogP contribution in [0.1, 0.15) is 30.1 Å². The van der Waals surface area contributed by atoms with Crippen molar-refractivity contribution in [1.29, 1.82) is 0 Å². The molecular formula is C18H25ClN2O5. The number of allylic oxidation sites excluding steroid dienone is 1. The minimum Gasteiger partial charge on any atom is -0.356 e. The van der Waals surface area contributed by atoms with Crippen molar-refractivity contribution in [3.63, 3.8) is 0 Å². The molecule has 2 atom stereocenters. The van der Waals surface area contributed by atoms with Crippen LogP contribution in [0.2, 0.25) is 5.02 Å². The molecule has 1 rings (SSSR count). The van der Waals surface area contributed by atoms with Crippen LogP contribution in [0.15, 0.2) is 36.9 Å². The quantitative estimate of drug-likeness (QED) is 0.169. The Hall–Kier alpha value is -1.93. The van der Waals surface area contributed by atoms with E-state index in [1.807, 2.05) is 6.92 Å². The maximum atomic E-state index is 12.4. The van der Waals surface area contributed by atoms with E-state index >= 15 is 0 Å². The number of amides is 2. The Balaban J connectivity index is 2.78. The molecule has 0 heterocycles. The van der Waals surface area contributed by atoms with Crippen LogP contribution in [0.5, 0.6) is 0 Å². The van der Waals surface area contributed by atoms with E-state index in [4.69, 9.17) is 26.3 Å². The van der Waals surface area contributed by atoms with E-state index in [1.165, 1.54) is 0 Å². The first-order chi connectivity index (χ1) is 12.5. The lowest BCUT2D eigenvalue weighted by Gasteiger charge is -2.23. The van der Waals surface area contributed by atoms with Crippen LogP contribution in [0, 0.1) is 5.92 Å². The van der Waals surface area contributed by atoms with E-state index in [-0.39, 0.29) is 25.7 Å². The van der Waals surface area contributed by atoms with Gasteiger partial charge in [-0.05, 0) is 44.0 Å². The molecule has 0 fully saturated rings. The average Bonchev–Trinajstić information content (AvgIpc) is 2.64. The Morgan fingerprint density at radius 1 is 1.31 bits per heavy atom. The van der Waals surface area contributed by atoms with Crippen molar-refractivity contribution in [2.24, 2.45) is 5.92 Å². The highest BCUT2D eigenvalue weighted by Gasteiger charge is 2.23. The van der Waals surface area contributed by atoms with Gasteiger partial charge in [0.25, 0.3) is 5.91 Å². The number of rotatable bonds is 12. The molecule has 0 aliphatic carbocycles. The van der Waals surface area contributed by atoms with Crippen molar-refractivity contribution in [3.05, 3.63) is 47.5 Å². The van der Waals surface area contributed by atoms with Gasteiger partial charge in [0.1, 0.15) is 6.79 Å². The molecule has 0 aliphatic heterocycles. The first-order valence-corrected chi connectivity index (χ1v) is 8.66. The topological polar surface area (TPSA) is 96.9 Å². The van der Waals surface area contributed by atoms with Crippen molar-refractivity contribution in [3.8, 4) is 0 Å². The highest BCUT2D eigenvalue weighted by atomic mass is 35.5. The third-order valence-electron chi connectivity index (χ3n) is 3.63. The predicted octanol–water partition coefficient (Wildman–Crippen LogP) is 2.54. The summed E-state index contributed by atoms with van der Waals surface area (Å²) in [5.74, 6) is -1.41. The maximum Gasteiger partial charge on any atom is 0.251 e. The zero-order chi connectivity index (χ0) is 19.4. The van der Waals surface area contributed by atoms with Crippen molar-refractivity contribution >= 4 is 23.4 Å². The number of hydrogen-bond donors (Lipinski definition) is 3. The van der Waals surface area contributed by atoms with Crippen LogP contribution in [0.4, 0.5) is 0 Å². The molecule has 0 bridgehead atoms. The predicted molar refractivity (Wildman–Crippen MR) is 98.0 cm³/mol. The normalized spacial score (nSPS) is 12.9. The van der Waals surface area contributed by atoms with Gasteiger partial charge < -0.3 is 14.8 Å². The molecule has 1 aromatic carbocycles. The molecule has 0 saturated heterocycles. The molecule has 26 heavy (non-hydrogen) atoms. The van der Waals surface area contributed by atoms with Gasteiger partial charge in [-0.3, -0.25) is 14.8 Å². The fourth-order valence-corrected chi connectivity index (χ4v) is 2.44. The number of hydrogen-bond acceptors (Lipinski definition) is 5. The van der Waals surface area contributed by atoms with E-state index in [9.17, 15) is 9.59 Å². The van der Waals surface area contributed by atoms with Crippen LogP contribution < -0.4 is 10.8 Å². The number of benzene rings is 1. The van der Waals surface area contributed by atoms with Crippen molar-refractivity contribution in [1.82, 2.24) is 10.8 Å². The molecular weight excluding hydrogens is 360 g/mol. The Bertz CT molecular complexity index is 579. The summed E-state index contributed by atoms with van der Waals surface area (Å²) < 4.78 is 10.5. The first kappa shape index (κ1) is 22.1. The third-order valence-corrected chi connectivity index (χ3v) is 3.88. The van der Waals surface area contributed by atoms with Crippen LogP contribution in [-0.2, 0) is 14.3 Å². The molecule has 0 aromatic heterocycles. The minimum absolute atomic E-state index is 0.0855. The largest absolute Gasteiger partial charge is 0.356 e. The molecule has 8 heteroatoms. The highest BCUT2D eigenvalue weighted by molar-refractivity contribution is 6.30. The summed E-state index contributed by atoms with van der Waals surface area (Å²) in [7, 11) is 0. The van der Waals surface area contributed by atoms with Gasteiger partial charge in [-0.25, -0.2) is 5.48 Å². The van der Waals surface area contributed by atoms with Crippen molar-refractivity contribution in [2.45, 2.75) is 25.8 Å². The van der Waals surface area contributed by atoms with Gasteiger partial charge in [0, 0.05) is 23.1 Å². The lowest BCUT2D eigenvalue weighted by Crippen LogP contribution is -2.42. The Morgan fingerprint density at radius 3 is 2.58 bits per heavy atom. The number of nitrogens with one attached hydrogen (secondary N) is 2. The summed E-state index contributed by atoms with van der Waals surface area (Å²) in [5, 5.41) is 12.3. The summed E-state index contributed by atoms with van der Waals surface area (Å²) >= 11 is 5.83. The smallest absolute Gasteiger partial charge is 0.251 e. The van der Waals surface area contributed by atoms with E-state index in [2.05, 4.69) is 11.9 Å². The van der Waals surface area contributed by atoms with Crippen LogP contribution in [0.3, 0.4) is 0 Å². The number of carbonyl (C=O) groups excluding carboxylic acids is 2. The van der Waals surface area contributed by atoms with Gasteiger partial charge in [0.15, 0.2) is 0 Å². The van der Waals surface area contributed by atoms with Crippen LogP contribution in [0.25, 0.3) is 0 Å². The minimum atomic E-state index is -0.552. The van der Waals surface area contributed by atoms with Crippen LogP contribution in [-0.4, -0.2) is 43.1 Å². The highest BCUT2D eigenvalue weighted by Crippen LogP contribution is 2.15. The number of carbonyl (C=O) groups is 2. The second-order valence-electron chi connectivity index (χ2n) is 5.59. The standard InChI is InChI=1S/C18H25ClN2O5/c1-3-5-14(18(23)21-24)10-16(11-26-12-25-4-2)20-17(22)13-6-8-15(19)9-7-13/h3,6-9,14,16,24H,1,4-5,10-12H2,2H3,(H,20,22)(H,21,23). The molecule has 0 saturated carbocycles. The Kier molecular flexibility index (Phi) is 10.6. The number of halogens is 1. The van der Waals surface area contributed by atoms with Crippen molar-refractivity contribution in [2.75, 3.05) is 20.0 Å². The lowest BCUT2D eigenvalue weighted by atomic mass is 9.95. The Morgan fingerprint density at radius 2 is 2.00 bits per heavy atom. The van der Waals surface area contributed by atoms with E-state index in [1.54, 1.807) is 35.8 Å². The van der Waals surface area contributed by atoms with E-state index in [0.717, 1.165) is 0 Å². The molecule has 1 aromatic rings. The van der Waals surface area contributed by atoms with E-state index in [0.29, 0.717) is 23.6 Å². The second kappa shape index (κ2) is 12.4. The molecule has 3 N–H and O–H groups in total. The molecule has 2 amide bonds. The van der Waals surface area contributed by atoms with Gasteiger partial charge in [-0.15, -0.1) is 6.58 Å². The zero-order valence-corrected chi connectivity index (χ0v) is 15.5. The molecule has 7 nitrogen and oxygen atoms in total. The summed E-state index contributed by atoms with van der Waals surface area (Å²) in [6, 6.07) is 6.00. The first-order valence-electron chi connectivity index (χ1n) is 8.28. The maximum absolute atomic E-state index is 12.4. The average molecular weight is 385 g/mol. The molecule has 0 radical (unpaired) electrons. The van der Waals surface area contributed by atoms with E-state index < -0.39 is 17.9 Å². The van der Waals surface area contributed by atoms with Gasteiger partial charge >= 0.3 is 0 Å². The van der Waals surface area contributed by atoms with Gasteiger partial charge in [0.05, 0.1) is 12.6 Å². The summed E-state index contributed by atoms with van der Waals surface area (Å²) in [5.41, 5.74) is 2.08. The molecule has 144 valence electrons. The number of ether oxygens (including phenoxy) is 2. The second-order valence-corrected chi connectivity index (χ2v) is 6.03. The molecule has 0 spiro atoms. The SMILES string of the molecule is C=CCC(CC(COCOCC)NC(=O)c1ccc(Cl)cc1)C(=O)NO. The zero-order valence-electron chi connectivity index (χ0n) is 14.7.